The summed E-state index contributed by atoms with van der Waals surface area (Å²) in [4.78, 5) is 37.3. The first kappa shape index (κ1) is 21.9. The summed E-state index contributed by atoms with van der Waals surface area (Å²) in [5.41, 5.74) is 1.15. The lowest BCUT2D eigenvalue weighted by atomic mass is 10.2. The summed E-state index contributed by atoms with van der Waals surface area (Å²) >= 11 is 0. The molecule has 0 aliphatic rings. The highest BCUT2D eigenvalue weighted by Gasteiger charge is 2.14. The quantitative estimate of drug-likeness (QED) is 0.483. The van der Waals surface area contributed by atoms with Gasteiger partial charge in [0, 0.05) is 43.3 Å². The van der Waals surface area contributed by atoms with Crippen LogP contribution in [-0.2, 0) is 7.05 Å². The Morgan fingerprint density at radius 2 is 1.88 bits per heavy atom. The van der Waals surface area contributed by atoms with Crippen LogP contribution >= 0.6 is 0 Å². The number of hydrogen-bond acceptors (Lipinski definition) is 7. The van der Waals surface area contributed by atoms with Crippen LogP contribution in [0.15, 0.2) is 60.0 Å². The van der Waals surface area contributed by atoms with Crippen LogP contribution < -0.4 is 15.6 Å². The Kier molecular flexibility index (Phi) is 5.99. The zero-order valence-corrected chi connectivity index (χ0v) is 18.7. The van der Waals surface area contributed by atoms with Crippen molar-refractivity contribution in [3.05, 3.63) is 77.0 Å². The molecule has 33 heavy (non-hydrogen) atoms. The lowest BCUT2D eigenvalue weighted by Gasteiger charge is -2.09. The number of pyridine rings is 2. The second kappa shape index (κ2) is 9.03. The van der Waals surface area contributed by atoms with Gasteiger partial charge in [-0.2, -0.15) is 5.10 Å². The highest BCUT2D eigenvalue weighted by atomic mass is 16.5. The van der Waals surface area contributed by atoms with Crippen LogP contribution in [0.25, 0.3) is 11.3 Å². The van der Waals surface area contributed by atoms with Crippen molar-refractivity contribution in [2.45, 2.75) is 26.8 Å². The van der Waals surface area contributed by atoms with Gasteiger partial charge in [-0.05, 0) is 39.0 Å². The summed E-state index contributed by atoms with van der Waals surface area (Å²) in [6.07, 6.45) is 8.11. The maximum atomic E-state index is 12.4. The minimum atomic E-state index is -0.579. The number of aromatic nitrogens is 6. The smallest absolute Gasteiger partial charge is 0.266 e. The van der Waals surface area contributed by atoms with Gasteiger partial charge in [-0.1, -0.05) is 0 Å². The van der Waals surface area contributed by atoms with Gasteiger partial charge in [-0.15, -0.1) is 0 Å². The van der Waals surface area contributed by atoms with Gasteiger partial charge < -0.3 is 10.1 Å². The van der Waals surface area contributed by atoms with Gasteiger partial charge in [0.2, 0.25) is 0 Å². The van der Waals surface area contributed by atoms with Gasteiger partial charge in [0.15, 0.2) is 0 Å². The van der Waals surface area contributed by atoms with E-state index in [1.165, 1.54) is 17.0 Å². The third kappa shape index (κ3) is 4.79. The van der Waals surface area contributed by atoms with E-state index in [2.05, 4.69) is 39.2 Å². The number of ether oxygens (including phenoxy) is 1. The number of aryl methyl sites for hydroxylation is 1. The van der Waals surface area contributed by atoms with E-state index >= 15 is 0 Å². The SMILES string of the molecule is Cc1ncc(C(=O)Nc2ccc(Oc3ccnc(-c4cnn(C(C)C)c4)c3)cn2)c(=O)n1C. The van der Waals surface area contributed by atoms with E-state index in [0.29, 0.717) is 17.3 Å². The summed E-state index contributed by atoms with van der Waals surface area (Å²) in [5.74, 6) is 1.29. The van der Waals surface area contributed by atoms with Crippen LogP contribution in [0.4, 0.5) is 5.82 Å². The predicted molar refractivity (Wildman–Crippen MR) is 122 cm³/mol. The van der Waals surface area contributed by atoms with Crippen LogP contribution in [0.3, 0.4) is 0 Å². The zero-order chi connectivity index (χ0) is 23.5. The number of nitrogens with one attached hydrogen (secondary N) is 1. The average Bonchev–Trinajstić information content (AvgIpc) is 3.30. The van der Waals surface area contributed by atoms with Crippen molar-refractivity contribution in [3.63, 3.8) is 0 Å². The van der Waals surface area contributed by atoms with Crippen LogP contribution in [0, 0.1) is 6.92 Å². The minimum Gasteiger partial charge on any atom is -0.456 e. The van der Waals surface area contributed by atoms with Crippen LogP contribution in [0.1, 0.15) is 36.1 Å². The summed E-state index contributed by atoms with van der Waals surface area (Å²) in [7, 11) is 1.56. The van der Waals surface area contributed by atoms with Gasteiger partial charge in [0.1, 0.15) is 28.7 Å². The molecule has 1 amide bonds. The first-order chi connectivity index (χ1) is 15.8. The van der Waals surface area contributed by atoms with Crippen molar-refractivity contribution >= 4 is 11.7 Å². The topological polar surface area (TPSA) is 117 Å². The zero-order valence-electron chi connectivity index (χ0n) is 18.7. The van der Waals surface area contributed by atoms with E-state index in [4.69, 9.17) is 4.74 Å². The molecule has 0 unspecified atom stereocenters. The molecule has 0 atom stereocenters. The molecule has 168 valence electrons. The van der Waals surface area contributed by atoms with Gasteiger partial charge in [0.05, 0.1) is 18.1 Å². The number of carbonyl (C=O) groups is 1. The summed E-state index contributed by atoms with van der Waals surface area (Å²) in [6.45, 7) is 5.80. The lowest BCUT2D eigenvalue weighted by molar-refractivity contribution is 0.102. The second-order valence-corrected chi connectivity index (χ2v) is 7.70. The number of carbonyl (C=O) groups excluding carboxylic acids is 1. The molecule has 0 spiro atoms. The predicted octanol–water partition coefficient (Wildman–Crippen LogP) is 3.37. The molecular formula is C23H23N7O3. The molecule has 4 rings (SSSR count). The molecule has 10 nitrogen and oxygen atoms in total. The Balaban J connectivity index is 1.45. The molecular weight excluding hydrogens is 422 g/mol. The van der Waals surface area contributed by atoms with E-state index in [-0.39, 0.29) is 17.4 Å². The Labute approximate surface area is 189 Å². The molecule has 4 aromatic heterocycles. The Morgan fingerprint density at radius 1 is 1.06 bits per heavy atom. The lowest BCUT2D eigenvalue weighted by Crippen LogP contribution is -2.29. The van der Waals surface area contributed by atoms with E-state index < -0.39 is 11.5 Å². The maximum absolute atomic E-state index is 12.4. The van der Waals surface area contributed by atoms with E-state index in [1.54, 1.807) is 44.6 Å². The van der Waals surface area contributed by atoms with Crippen LogP contribution in [0.2, 0.25) is 0 Å². The third-order valence-electron chi connectivity index (χ3n) is 5.02. The van der Waals surface area contributed by atoms with Crippen LogP contribution in [0.5, 0.6) is 11.5 Å². The van der Waals surface area contributed by atoms with Gasteiger partial charge in [-0.25, -0.2) is 9.97 Å². The Hall–Kier alpha value is -4.34. The fraction of sp³-hybridized carbons (Fsp3) is 0.217. The molecule has 0 saturated heterocycles. The molecule has 0 aliphatic heterocycles. The summed E-state index contributed by atoms with van der Waals surface area (Å²) < 4.78 is 9.06. The number of rotatable bonds is 6. The highest BCUT2D eigenvalue weighted by Crippen LogP contribution is 2.26. The monoisotopic (exact) mass is 445 g/mol. The van der Waals surface area contributed by atoms with E-state index in [0.717, 1.165) is 11.3 Å². The largest absolute Gasteiger partial charge is 0.456 e. The molecule has 0 saturated carbocycles. The summed E-state index contributed by atoms with van der Waals surface area (Å²) in [5, 5.41) is 6.94. The van der Waals surface area contributed by atoms with Crippen molar-refractivity contribution < 1.29 is 9.53 Å². The normalized spacial score (nSPS) is 10.9. The van der Waals surface area contributed by atoms with Crippen LogP contribution in [-0.4, -0.2) is 35.2 Å². The standard InChI is InChI=1S/C23H23N7O3/c1-14(2)30-13-16(10-27-30)20-9-17(7-8-24-20)33-18-5-6-21(26-11-18)28-22(31)19-12-25-15(3)29(4)23(19)32/h5-14H,1-4H3,(H,26,28,31). The maximum Gasteiger partial charge on any atom is 0.266 e. The molecule has 0 fully saturated rings. The number of hydrogen-bond donors (Lipinski definition) is 1. The van der Waals surface area contributed by atoms with E-state index in [1.807, 2.05) is 16.9 Å². The first-order valence-electron chi connectivity index (χ1n) is 10.3. The van der Waals surface area contributed by atoms with Crippen molar-refractivity contribution in [2.24, 2.45) is 7.05 Å². The molecule has 0 aromatic carbocycles. The van der Waals surface area contributed by atoms with E-state index in [9.17, 15) is 9.59 Å². The molecule has 0 radical (unpaired) electrons. The van der Waals surface area contributed by atoms with Crippen molar-refractivity contribution in [2.75, 3.05) is 5.32 Å². The molecule has 1 N–H and O–H groups in total. The molecule has 10 heteroatoms. The van der Waals surface area contributed by atoms with Crippen molar-refractivity contribution in [3.8, 4) is 22.8 Å². The Bertz CT molecular complexity index is 1360. The Morgan fingerprint density at radius 3 is 2.58 bits per heavy atom. The second-order valence-electron chi connectivity index (χ2n) is 7.70. The molecule has 0 bridgehead atoms. The molecule has 4 aromatic rings. The van der Waals surface area contributed by atoms with Gasteiger partial charge in [0.25, 0.3) is 11.5 Å². The number of amides is 1. The fourth-order valence-corrected chi connectivity index (χ4v) is 3.00. The molecule has 4 heterocycles. The average molecular weight is 445 g/mol. The summed E-state index contributed by atoms with van der Waals surface area (Å²) in [6, 6.07) is 7.08. The molecule has 0 aliphatic carbocycles. The minimum absolute atomic E-state index is 0.0599. The number of anilines is 1. The van der Waals surface area contributed by atoms with Gasteiger partial charge in [-0.3, -0.25) is 23.8 Å². The highest BCUT2D eigenvalue weighted by molar-refractivity contribution is 6.03. The number of nitrogens with zero attached hydrogens (tertiary/aromatic N) is 6. The fourth-order valence-electron chi connectivity index (χ4n) is 3.00. The third-order valence-corrected chi connectivity index (χ3v) is 5.02. The first-order valence-corrected chi connectivity index (χ1v) is 10.3. The van der Waals surface area contributed by atoms with Gasteiger partial charge >= 0.3 is 0 Å². The van der Waals surface area contributed by atoms with Crippen molar-refractivity contribution in [1.82, 2.24) is 29.3 Å². The van der Waals surface area contributed by atoms with Crippen molar-refractivity contribution in [1.29, 1.82) is 0 Å².